The van der Waals surface area contributed by atoms with Crippen molar-refractivity contribution < 1.29 is 4.74 Å². The SMILES string of the molecule is COc1ccc2[nH]cc(C3CCN(c4nccnc4C#N)CC3)c2c1. The molecule has 6 heteroatoms. The predicted octanol–water partition coefficient (Wildman–Crippen LogP) is 3.22. The number of ether oxygens (including phenoxy) is 1. The molecule has 126 valence electrons. The van der Waals surface area contributed by atoms with Gasteiger partial charge < -0.3 is 14.6 Å². The van der Waals surface area contributed by atoms with Gasteiger partial charge in [-0.15, -0.1) is 0 Å². The fourth-order valence-corrected chi connectivity index (χ4v) is 3.63. The molecule has 1 saturated heterocycles. The third-order valence-electron chi connectivity index (χ3n) is 4.94. The molecule has 25 heavy (non-hydrogen) atoms. The van der Waals surface area contributed by atoms with Gasteiger partial charge in [0.15, 0.2) is 11.5 Å². The molecule has 0 radical (unpaired) electrons. The van der Waals surface area contributed by atoms with Gasteiger partial charge in [-0.2, -0.15) is 5.26 Å². The summed E-state index contributed by atoms with van der Waals surface area (Å²) >= 11 is 0. The van der Waals surface area contributed by atoms with Crippen LogP contribution in [0.1, 0.15) is 30.0 Å². The van der Waals surface area contributed by atoms with E-state index < -0.39 is 0 Å². The first-order valence-corrected chi connectivity index (χ1v) is 8.41. The van der Waals surface area contributed by atoms with Crippen LogP contribution in [-0.2, 0) is 0 Å². The lowest BCUT2D eigenvalue weighted by atomic mass is 9.89. The Morgan fingerprint density at radius 2 is 2.04 bits per heavy atom. The summed E-state index contributed by atoms with van der Waals surface area (Å²) < 4.78 is 5.37. The molecule has 1 N–H and O–H groups in total. The topological polar surface area (TPSA) is 77.8 Å². The minimum atomic E-state index is 0.401. The maximum Gasteiger partial charge on any atom is 0.183 e. The minimum Gasteiger partial charge on any atom is -0.497 e. The standard InChI is InChI=1S/C19H19N5O/c1-25-14-2-3-17-15(10-14)16(12-23-17)13-4-8-24(9-5-13)19-18(11-20)21-6-7-22-19/h2-3,6-7,10,12-13,23H,4-5,8-9H2,1H3. The Morgan fingerprint density at radius 3 is 2.80 bits per heavy atom. The van der Waals surface area contributed by atoms with Crippen molar-refractivity contribution in [2.75, 3.05) is 25.1 Å². The second-order valence-electron chi connectivity index (χ2n) is 6.26. The number of anilines is 1. The van der Waals surface area contributed by atoms with Crippen molar-refractivity contribution in [2.45, 2.75) is 18.8 Å². The lowest BCUT2D eigenvalue weighted by Gasteiger charge is -2.32. The van der Waals surface area contributed by atoms with Gasteiger partial charge in [0.1, 0.15) is 11.8 Å². The average molecular weight is 333 g/mol. The van der Waals surface area contributed by atoms with Crippen LogP contribution in [0, 0.1) is 11.3 Å². The Hall–Kier alpha value is -3.07. The van der Waals surface area contributed by atoms with Crippen molar-refractivity contribution in [2.24, 2.45) is 0 Å². The van der Waals surface area contributed by atoms with E-state index in [4.69, 9.17) is 4.74 Å². The van der Waals surface area contributed by atoms with Crippen LogP contribution in [0.15, 0.2) is 36.8 Å². The zero-order valence-electron chi connectivity index (χ0n) is 14.1. The van der Waals surface area contributed by atoms with Gasteiger partial charge in [-0.25, -0.2) is 9.97 Å². The Balaban J connectivity index is 1.55. The van der Waals surface area contributed by atoms with E-state index in [1.807, 2.05) is 6.07 Å². The number of nitriles is 1. The molecule has 0 saturated carbocycles. The zero-order valence-corrected chi connectivity index (χ0v) is 14.1. The summed E-state index contributed by atoms with van der Waals surface area (Å²) in [7, 11) is 1.69. The van der Waals surface area contributed by atoms with Gasteiger partial charge in [-0.1, -0.05) is 0 Å². The van der Waals surface area contributed by atoms with Crippen molar-refractivity contribution in [1.29, 1.82) is 5.26 Å². The number of aromatic amines is 1. The number of fused-ring (bicyclic) bond motifs is 1. The van der Waals surface area contributed by atoms with Crippen molar-refractivity contribution in [1.82, 2.24) is 15.0 Å². The quantitative estimate of drug-likeness (QED) is 0.796. The van der Waals surface area contributed by atoms with Gasteiger partial charge in [0.05, 0.1) is 7.11 Å². The van der Waals surface area contributed by atoms with Crippen molar-refractivity contribution in [3.05, 3.63) is 48.0 Å². The van der Waals surface area contributed by atoms with Gasteiger partial charge in [-0.05, 0) is 42.5 Å². The lowest BCUT2D eigenvalue weighted by Crippen LogP contribution is -2.34. The van der Waals surface area contributed by atoms with E-state index in [2.05, 4.69) is 44.3 Å². The highest BCUT2D eigenvalue weighted by Crippen LogP contribution is 2.35. The molecular formula is C19H19N5O. The van der Waals surface area contributed by atoms with Gasteiger partial charge in [-0.3, -0.25) is 0 Å². The number of nitrogens with one attached hydrogen (secondary N) is 1. The van der Waals surface area contributed by atoms with Gasteiger partial charge in [0.25, 0.3) is 0 Å². The maximum absolute atomic E-state index is 9.22. The summed E-state index contributed by atoms with van der Waals surface area (Å²) in [5, 5.41) is 10.5. The number of hydrogen-bond donors (Lipinski definition) is 1. The third kappa shape index (κ3) is 2.78. The molecular weight excluding hydrogens is 314 g/mol. The van der Waals surface area contributed by atoms with Crippen LogP contribution in [-0.4, -0.2) is 35.2 Å². The van der Waals surface area contributed by atoms with Crippen LogP contribution < -0.4 is 9.64 Å². The normalized spacial score (nSPS) is 15.3. The van der Waals surface area contributed by atoms with Crippen molar-refractivity contribution >= 4 is 16.7 Å². The monoisotopic (exact) mass is 333 g/mol. The molecule has 4 rings (SSSR count). The molecule has 3 aromatic rings. The molecule has 1 fully saturated rings. The van der Waals surface area contributed by atoms with E-state index in [9.17, 15) is 5.26 Å². The zero-order chi connectivity index (χ0) is 17.2. The fourth-order valence-electron chi connectivity index (χ4n) is 3.63. The maximum atomic E-state index is 9.22. The van der Waals surface area contributed by atoms with Crippen LogP contribution in [0.5, 0.6) is 5.75 Å². The highest BCUT2D eigenvalue weighted by Gasteiger charge is 2.25. The summed E-state index contributed by atoms with van der Waals surface area (Å²) in [6, 6.07) is 8.27. The molecule has 3 heterocycles. The molecule has 1 aromatic carbocycles. The number of rotatable bonds is 3. The van der Waals surface area contributed by atoms with Crippen LogP contribution in [0.4, 0.5) is 5.82 Å². The smallest absolute Gasteiger partial charge is 0.183 e. The number of methoxy groups -OCH3 is 1. The Bertz CT molecular complexity index is 934. The lowest BCUT2D eigenvalue weighted by molar-refractivity contribution is 0.415. The number of H-pyrrole nitrogens is 1. The first kappa shape index (κ1) is 15.5. The molecule has 0 aliphatic carbocycles. The summed E-state index contributed by atoms with van der Waals surface area (Å²) in [5.41, 5.74) is 2.88. The number of nitrogens with zero attached hydrogens (tertiary/aromatic N) is 4. The number of benzene rings is 1. The molecule has 1 aliphatic rings. The minimum absolute atomic E-state index is 0.401. The molecule has 0 unspecified atom stereocenters. The first-order chi connectivity index (χ1) is 12.3. The Morgan fingerprint density at radius 1 is 1.24 bits per heavy atom. The van der Waals surface area contributed by atoms with Crippen molar-refractivity contribution in [3.63, 3.8) is 0 Å². The van der Waals surface area contributed by atoms with Crippen LogP contribution in [0.25, 0.3) is 10.9 Å². The van der Waals surface area contributed by atoms with E-state index >= 15 is 0 Å². The number of hydrogen-bond acceptors (Lipinski definition) is 5. The molecule has 1 aliphatic heterocycles. The highest BCUT2D eigenvalue weighted by molar-refractivity contribution is 5.85. The number of aromatic nitrogens is 3. The van der Waals surface area contributed by atoms with E-state index in [0.29, 0.717) is 17.4 Å². The van der Waals surface area contributed by atoms with Gasteiger partial charge in [0, 0.05) is 42.6 Å². The summed E-state index contributed by atoms with van der Waals surface area (Å²) in [6.45, 7) is 1.74. The largest absolute Gasteiger partial charge is 0.497 e. The second kappa shape index (κ2) is 6.44. The fraction of sp³-hybridized carbons (Fsp3) is 0.316. The highest BCUT2D eigenvalue weighted by atomic mass is 16.5. The van der Waals surface area contributed by atoms with E-state index in [0.717, 1.165) is 37.2 Å². The Labute approximate surface area is 146 Å². The van der Waals surface area contributed by atoms with E-state index in [1.54, 1.807) is 19.5 Å². The van der Waals surface area contributed by atoms with Crippen LogP contribution in [0.3, 0.4) is 0 Å². The molecule has 0 bridgehead atoms. The summed E-state index contributed by atoms with van der Waals surface area (Å²) in [5.74, 6) is 2.06. The first-order valence-electron chi connectivity index (χ1n) is 8.41. The summed E-state index contributed by atoms with van der Waals surface area (Å²) in [4.78, 5) is 14.0. The number of piperidine rings is 1. The molecule has 0 spiro atoms. The second-order valence-corrected chi connectivity index (χ2v) is 6.26. The molecule has 2 aromatic heterocycles. The van der Waals surface area contributed by atoms with Crippen LogP contribution >= 0.6 is 0 Å². The van der Waals surface area contributed by atoms with Crippen LogP contribution in [0.2, 0.25) is 0 Å². The van der Waals surface area contributed by atoms with E-state index in [1.165, 1.54) is 10.9 Å². The Kier molecular flexibility index (Phi) is 3.98. The van der Waals surface area contributed by atoms with E-state index in [-0.39, 0.29) is 0 Å². The third-order valence-corrected chi connectivity index (χ3v) is 4.94. The molecule has 6 nitrogen and oxygen atoms in total. The van der Waals surface area contributed by atoms with Gasteiger partial charge >= 0.3 is 0 Å². The van der Waals surface area contributed by atoms with Crippen molar-refractivity contribution in [3.8, 4) is 11.8 Å². The summed E-state index contributed by atoms with van der Waals surface area (Å²) in [6.07, 6.45) is 7.37. The average Bonchev–Trinajstić information content (AvgIpc) is 3.11. The molecule has 0 atom stereocenters. The molecule has 0 amide bonds. The predicted molar refractivity (Wildman–Crippen MR) is 95.8 cm³/mol. The van der Waals surface area contributed by atoms with Gasteiger partial charge in [0.2, 0.25) is 0 Å².